The summed E-state index contributed by atoms with van der Waals surface area (Å²) in [6, 6.07) is 7.85. The first-order valence-electron chi connectivity index (χ1n) is 9.95. The second-order valence-electron chi connectivity index (χ2n) is 7.30. The molecule has 4 rings (SSSR count). The molecule has 0 radical (unpaired) electrons. The Morgan fingerprint density at radius 2 is 2.20 bits per heavy atom. The number of halogens is 1. The van der Waals surface area contributed by atoms with Gasteiger partial charge in [-0.2, -0.15) is 0 Å². The zero-order valence-corrected chi connectivity index (χ0v) is 18.4. The number of piperidine rings is 1. The molecule has 1 aliphatic rings. The molecule has 1 saturated heterocycles. The Morgan fingerprint density at radius 3 is 2.93 bits per heavy atom. The molecule has 3 aromatic heterocycles. The number of nitrogens with one attached hydrogen (secondary N) is 1. The Balaban J connectivity index is 1.66. The number of hydrogen-bond acceptors (Lipinski definition) is 7. The van der Waals surface area contributed by atoms with E-state index >= 15 is 0 Å². The fraction of sp³-hybridized carbons (Fsp3) is 0.273. The Labute approximate surface area is 185 Å². The number of anilines is 3. The third-order valence-electron chi connectivity index (χ3n) is 5.19. The lowest BCUT2D eigenvalue weighted by Crippen LogP contribution is -2.43. The van der Waals surface area contributed by atoms with Crippen LogP contribution in [0.4, 0.5) is 17.1 Å². The predicted molar refractivity (Wildman–Crippen MR) is 128 cm³/mol. The second-order valence-corrected chi connectivity index (χ2v) is 8.62. The summed E-state index contributed by atoms with van der Waals surface area (Å²) in [5.41, 5.74) is 17.4. The monoisotopic (exact) mass is 440 g/mol. The highest BCUT2D eigenvalue weighted by atomic mass is 35.5. The number of nitrogens with two attached hydrogens (primary N) is 2. The van der Waals surface area contributed by atoms with Gasteiger partial charge in [0.2, 0.25) is 0 Å². The van der Waals surface area contributed by atoms with E-state index in [2.05, 4.69) is 15.2 Å². The summed E-state index contributed by atoms with van der Waals surface area (Å²) in [7, 11) is 0. The number of nitrogen functional groups attached to an aromatic ring is 1. The zero-order chi connectivity index (χ0) is 21.1. The number of aromatic nitrogens is 2. The maximum Gasteiger partial charge on any atom is 0.110 e. The fourth-order valence-corrected chi connectivity index (χ4v) is 4.81. The van der Waals surface area contributed by atoms with Crippen LogP contribution in [0.2, 0.25) is 5.02 Å². The highest BCUT2D eigenvalue weighted by Gasteiger charge is 2.20. The van der Waals surface area contributed by atoms with Crippen molar-refractivity contribution in [3.05, 3.63) is 58.8 Å². The maximum absolute atomic E-state index is 6.31. The van der Waals surface area contributed by atoms with Gasteiger partial charge in [0.25, 0.3) is 0 Å². The van der Waals surface area contributed by atoms with E-state index in [4.69, 9.17) is 28.1 Å². The molecule has 4 heterocycles. The summed E-state index contributed by atoms with van der Waals surface area (Å²) in [6.45, 7) is 3.77. The molecule has 0 aromatic carbocycles. The topological polar surface area (TPSA) is 93.1 Å². The van der Waals surface area contributed by atoms with Crippen LogP contribution in [0.25, 0.3) is 16.3 Å². The van der Waals surface area contributed by atoms with Crippen molar-refractivity contribution in [1.29, 1.82) is 0 Å². The summed E-state index contributed by atoms with van der Waals surface area (Å²) in [4.78, 5) is 12.4. The van der Waals surface area contributed by atoms with Crippen LogP contribution in [0.5, 0.6) is 0 Å². The zero-order valence-electron chi connectivity index (χ0n) is 16.8. The largest absolute Gasteiger partial charge is 0.397 e. The molecule has 0 unspecified atom stereocenters. The van der Waals surface area contributed by atoms with Crippen molar-refractivity contribution in [2.45, 2.75) is 25.8 Å². The van der Waals surface area contributed by atoms with Gasteiger partial charge in [-0.05, 0) is 49.4 Å². The van der Waals surface area contributed by atoms with Crippen molar-refractivity contribution in [2.75, 3.05) is 29.0 Å². The second kappa shape index (κ2) is 9.04. The third-order valence-corrected chi connectivity index (χ3v) is 6.55. The van der Waals surface area contributed by atoms with Crippen LogP contribution in [0.1, 0.15) is 25.5 Å². The summed E-state index contributed by atoms with van der Waals surface area (Å²) in [6.07, 6.45) is 7.74. The molecular formula is C22H25ClN6S. The van der Waals surface area contributed by atoms with E-state index in [0.717, 1.165) is 53.6 Å². The minimum Gasteiger partial charge on any atom is -0.397 e. The smallest absolute Gasteiger partial charge is 0.110 e. The molecule has 5 N–H and O–H groups in total. The Hall–Kier alpha value is -2.61. The standard InChI is InChI=1S/C22H25ClN6S/c1-2-17(21-16(25)5-6-18(28-21)22-15(23)8-11-30-22)27-19-12-26-9-7-20(19)29-10-3-4-14(24)13-29/h2,5-9,11-12,14,27H,3-4,10,13,24-25H2,1H3/t14-/m0/s1. The minimum absolute atomic E-state index is 0.186. The van der Waals surface area contributed by atoms with Gasteiger partial charge in [-0.1, -0.05) is 17.7 Å². The van der Waals surface area contributed by atoms with E-state index in [0.29, 0.717) is 16.4 Å². The molecule has 1 fully saturated rings. The highest BCUT2D eigenvalue weighted by Crippen LogP contribution is 2.35. The number of allylic oxidation sites excluding steroid dienone is 1. The molecule has 0 spiro atoms. The lowest BCUT2D eigenvalue weighted by molar-refractivity contribution is 0.506. The van der Waals surface area contributed by atoms with Crippen molar-refractivity contribution in [3.8, 4) is 10.6 Å². The lowest BCUT2D eigenvalue weighted by atomic mass is 10.1. The van der Waals surface area contributed by atoms with Crippen LogP contribution in [0.15, 0.2) is 48.1 Å². The van der Waals surface area contributed by atoms with Crippen LogP contribution < -0.4 is 21.7 Å². The van der Waals surface area contributed by atoms with E-state index in [1.165, 1.54) is 0 Å². The first-order chi connectivity index (χ1) is 14.6. The average molecular weight is 441 g/mol. The van der Waals surface area contributed by atoms with Gasteiger partial charge in [0.05, 0.1) is 44.5 Å². The highest BCUT2D eigenvalue weighted by molar-refractivity contribution is 7.14. The molecule has 3 aromatic rings. The molecule has 1 atom stereocenters. The van der Waals surface area contributed by atoms with E-state index in [9.17, 15) is 0 Å². The number of nitrogens with zero attached hydrogens (tertiary/aromatic N) is 3. The van der Waals surface area contributed by atoms with E-state index in [-0.39, 0.29) is 6.04 Å². The number of rotatable bonds is 5. The third kappa shape index (κ3) is 4.28. The Morgan fingerprint density at radius 1 is 1.33 bits per heavy atom. The molecule has 0 saturated carbocycles. The van der Waals surface area contributed by atoms with E-state index < -0.39 is 0 Å². The quantitative estimate of drug-likeness (QED) is 0.525. The molecule has 0 bridgehead atoms. The number of thiophene rings is 1. The maximum atomic E-state index is 6.31. The molecule has 0 amide bonds. The van der Waals surface area contributed by atoms with Gasteiger partial charge in [0, 0.05) is 25.3 Å². The fourth-order valence-electron chi connectivity index (χ4n) is 3.69. The van der Waals surface area contributed by atoms with Crippen LogP contribution in [-0.2, 0) is 0 Å². The molecular weight excluding hydrogens is 416 g/mol. The van der Waals surface area contributed by atoms with Crippen molar-refractivity contribution >= 4 is 45.7 Å². The number of pyridine rings is 2. The minimum atomic E-state index is 0.186. The van der Waals surface area contributed by atoms with Crippen LogP contribution >= 0.6 is 22.9 Å². The van der Waals surface area contributed by atoms with Crippen molar-refractivity contribution in [1.82, 2.24) is 9.97 Å². The first kappa shape index (κ1) is 20.7. The molecule has 156 valence electrons. The summed E-state index contributed by atoms with van der Waals surface area (Å²) >= 11 is 7.87. The average Bonchev–Trinajstić information content (AvgIpc) is 3.19. The number of hydrogen-bond donors (Lipinski definition) is 3. The van der Waals surface area contributed by atoms with Crippen LogP contribution in [-0.4, -0.2) is 29.1 Å². The van der Waals surface area contributed by atoms with E-state index in [1.54, 1.807) is 11.3 Å². The van der Waals surface area contributed by atoms with Crippen LogP contribution in [0, 0.1) is 0 Å². The SMILES string of the molecule is CC=C(Nc1cnccc1N1CCC[C@H](N)C1)c1nc(-c2sccc2Cl)ccc1N. The molecule has 1 aliphatic heterocycles. The van der Waals surface area contributed by atoms with Gasteiger partial charge in [-0.15, -0.1) is 11.3 Å². The lowest BCUT2D eigenvalue weighted by Gasteiger charge is -2.34. The van der Waals surface area contributed by atoms with Gasteiger partial charge < -0.3 is 21.7 Å². The van der Waals surface area contributed by atoms with Gasteiger partial charge in [-0.25, -0.2) is 4.98 Å². The summed E-state index contributed by atoms with van der Waals surface area (Å²) in [5.74, 6) is 0. The Kier molecular flexibility index (Phi) is 6.22. The van der Waals surface area contributed by atoms with E-state index in [1.807, 2.05) is 55.0 Å². The van der Waals surface area contributed by atoms with Crippen molar-refractivity contribution in [3.63, 3.8) is 0 Å². The van der Waals surface area contributed by atoms with Crippen LogP contribution in [0.3, 0.4) is 0 Å². The summed E-state index contributed by atoms with van der Waals surface area (Å²) < 4.78 is 0. The van der Waals surface area contributed by atoms with Gasteiger partial charge >= 0.3 is 0 Å². The molecule has 0 aliphatic carbocycles. The van der Waals surface area contributed by atoms with Crippen molar-refractivity contribution in [2.24, 2.45) is 5.73 Å². The van der Waals surface area contributed by atoms with Gasteiger partial charge in [0.15, 0.2) is 0 Å². The van der Waals surface area contributed by atoms with Crippen molar-refractivity contribution < 1.29 is 0 Å². The molecule has 30 heavy (non-hydrogen) atoms. The predicted octanol–water partition coefficient (Wildman–Crippen LogP) is 4.84. The van der Waals surface area contributed by atoms with Gasteiger partial charge in [-0.3, -0.25) is 4.98 Å². The molecule has 6 nitrogen and oxygen atoms in total. The molecule has 8 heteroatoms. The first-order valence-corrected chi connectivity index (χ1v) is 11.2. The van der Waals surface area contributed by atoms with Gasteiger partial charge in [0.1, 0.15) is 5.69 Å². The Bertz CT molecular complexity index is 1060. The normalized spacial score (nSPS) is 17.2. The summed E-state index contributed by atoms with van der Waals surface area (Å²) in [5, 5.41) is 6.14.